The normalized spacial score (nSPS) is 16.9. The number of sulfonamides is 1. The highest BCUT2D eigenvalue weighted by atomic mass is 32.2. The first-order valence-corrected chi connectivity index (χ1v) is 7.50. The van der Waals surface area contributed by atoms with Crippen molar-refractivity contribution >= 4 is 33.1 Å². The zero-order valence-electron chi connectivity index (χ0n) is 9.47. The number of aliphatic hydroxyl groups excluding tert-OH is 1. The van der Waals surface area contributed by atoms with Gasteiger partial charge in [0.2, 0.25) is 0 Å². The number of rotatable bonds is 3. The number of ether oxygens (including phenoxy) is 1. The molecule has 0 saturated heterocycles. The van der Waals surface area contributed by atoms with Crippen molar-refractivity contribution in [2.75, 3.05) is 6.61 Å². The van der Waals surface area contributed by atoms with Gasteiger partial charge in [0.05, 0.1) is 23.6 Å². The van der Waals surface area contributed by atoms with Crippen LogP contribution in [0.2, 0.25) is 0 Å². The van der Waals surface area contributed by atoms with E-state index in [-0.39, 0.29) is 34.3 Å². The topological polar surface area (TPSA) is 92.7 Å². The molecule has 0 fully saturated rings. The van der Waals surface area contributed by atoms with Gasteiger partial charge in [-0.15, -0.1) is 11.3 Å². The van der Waals surface area contributed by atoms with Crippen molar-refractivity contribution < 1.29 is 23.1 Å². The van der Waals surface area contributed by atoms with E-state index in [4.69, 9.17) is 4.74 Å². The highest BCUT2D eigenvalue weighted by Crippen LogP contribution is 2.34. The summed E-state index contributed by atoms with van der Waals surface area (Å²) in [5.41, 5.74) is -0.0524. The molecule has 0 radical (unpaired) electrons. The van der Waals surface area contributed by atoms with Crippen molar-refractivity contribution in [3.05, 3.63) is 22.0 Å². The molecule has 0 aromatic carbocycles. The van der Waals surface area contributed by atoms with Crippen molar-refractivity contribution in [1.29, 1.82) is 0 Å². The average molecular weight is 289 g/mol. The standard InChI is InChI=1S/C10H11NO5S2/c1-2-16-8(12)5-6-9(13)10-7(3-4-17-10)18(14,15)11-6/h3-4,11,13H,2,5H2,1H3. The number of hydrogen-bond donors (Lipinski definition) is 2. The van der Waals surface area contributed by atoms with E-state index >= 15 is 0 Å². The molecule has 8 heteroatoms. The summed E-state index contributed by atoms with van der Waals surface area (Å²) in [5.74, 6) is -0.815. The summed E-state index contributed by atoms with van der Waals surface area (Å²) in [6.07, 6.45) is -0.309. The maximum Gasteiger partial charge on any atom is 0.311 e. The summed E-state index contributed by atoms with van der Waals surface area (Å²) in [6, 6.07) is 1.40. The van der Waals surface area contributed by atoms with Crippen LogP contribution in [0.3, 0.4) is 0 Å². The summed E-state index contributed by atoms with van der Waals surface area (Å²) in [4.78, 5) is 11.6. The highest BCUT2D eigenvalue weighted by Gasteiger charge is 2.31. The molecule has 0 saturated carbocycles. The lowest BCUT2D eigenvalue weighted by molar-refractivity contribution is -0.142. The Labute approximate surface area is 108 Å². The minimum atomic E-state index is -3.71. The van der Waals surface area contributed by atoms with E-state index in [2.05, 4.69) is 4.72 Å². The summed E-state index contributed by atoms with van der Waals surface area (Å²) in [6.45, 7) is 1.85. The second-order valence-corrected chi connectivity index (χ2v) is 6.10. The zero-order valence-corrected chi connectivity index (χ0v) is 11.1. The lowest BCUT2D eigenvalue weighted by Crippen LogP contribution is -2.29. The molecule has 2 rings (SSSR count). The fourth-order valence-electron chi connectivity index (χ4n) is 1.56. The molecule has 6 nitrogen and oxygen atoms in total. The van der Waals surface area contributed by atoms with E-state index in [1.54, 1.807) is 12.3 Å². The van der Waals surface area contributed by atoms with Gasteiger partial charge >= 0.3 is 5.97 Å². The second-order valence-electron chi connectivity index (χ2n) is 3.53. The van der Waals surface area contributed by atoms with E-state index in [1.807, 2.05) is 0 Å². The van der Waals surface area contributed by atoms with Gasteiger partial charge in [-0.25, -0.2) is 8.42 Å². The van der Waals surface area contributed by atoms with E-state index in [0.29, 0.717) is 0 Å². The summed E-state index contributed by atoms with van der Waals surface area (Å²) in [7, 11) is -3.71. The Morgan fingerprint density at radius 2 is 2.28 bits per heavy atom. The second kappa shape index (κ2) is 4.62. The highest BCUT2D eigenvalue weighted by molar-refractivity contribution is 7.90. The van der Waals surface area contributed by atoms with Crippen LogP contribution in [-0.4, -0.2) is 26.1 Å². The average Bonchev–Trinajstić information content (AvgIpc) is 2.75. The van der Waals surface area contributed by atoms with E-state index in [1.165, 1.54) is 6.07 Å². The SMILES string of the molecule is CCOC(=O)CC1=C(O)c2sccc2S(=O)(=O)N1. The molecular weight excluding hydrogens is 278 g/mol. The summed E-state index contributed by atoms with van der Waals surface area (Å²) in [5, 5.41) is 11.5. The third-order valence-electron chi connectivity index (χ3n) is 2.30. The van der Waals surface area contributed by atoms with Gasteiger partial charge in [0.15, 0.2) is 5.76 Å². The first-order chi connectivity index (χ1) is 8.45. The number of esters is 1. The van der Waals surface area contributed by atoms with Crippen molar-refractivity contribution in [2.24, 2.45) is 0 Å². The molecule has 0 bridgehead atoms. The molecule has 0 atom stereocenters. The van der Waals surface area contributed by atoms with Gasteiger partial charge in [-0.2, -0.15) is 0 Å². The van der Waals surface area contributed by atoms with Gasteiger partial charge in [-0.05, 0) is 18.4 Å². The van der Waals surface area contributed by atoms with Crippen LogP contribution in [0.5, 0.6) is 0 Å². The lowest BCUT2D eigenvalue weighted by Gasteiger charge is -2.18. The van der Waals surface area contributed by atoms with Crippen LogP contribution < -0.4 is 4.72 Å². The predicted octanol–water partition coefficient (Wildman–Crippen LogP) is 1.22. The molecule has 2 heterocycles. The van der Waals surface area contributed by atoms with Gasteiger partial charge in [-0.1, -0.05) is 0 Å². The number of carbonyl (C=O) groups is 1. The molecule has 1 aromatic rings. The Hall–Kier alpha value is -1.54. The van der Waals surface area contributed by atoms with Crippen LogP contribution in [0.15, 0.2) is 22.0 Å². The van der Waals surface area contributed by atoms with Gasteiger partial charge in [0, 0.05) is 0 Å². The molecule has 1 aliphatic rings. The van der Waals surface area contributed by atoms with Crippen molar-refractivity contribution in [3.63, 3.8) is 0 Å². The van der Waals surface area contributed by atoms with Gasteiger partial charge in [0.1, 0.15) is 4.90 Å². The van der Waals surface area contributed by atoms with E-state index < -0.39 is 16.0 Å². The smallest absolute Gasteiger partial charge is 0.311 e. The van der Waals surface area contributed by atoms with Crippen LogP contribution in [0.25, 0.3) is 5.76 Å². The Bertz CT molecular complexity index is 614. The maximum atomic E-state index is 11.8. The van der Waals surface area contributed by atoms with E-state index in [9.17, 15) is 18.3 Å². The number of aliphatic hydroxyl groups is 1. The third kappa shape index (κ3) is 2.21. The minimum absolute atomic E-state index is 0.0256. The fraction of sp³-hybridized carbons (Fsp3) is 0.300. The number of thiophene rings is 1. The Morgan fingerprint density at radius 3 is 2.94 bits per heavy atom. The summed E-state index contributed by atoms with van der Waals surface area (Å²) < 4.78 is 30.6. The Balaban J connectivity index is 2.38. The van der Waals surface area contributed by atoms with Crippen LogP contribution in [0.4, 0.5) is 0 Å². The number of fused-ring (bicyclic) bond motifs is 1. The molecule has 98 valence electrons. The molecule has 1 aliphatic heterocycles. The third-order valence-corrected chi connectivity index (χ3v) is 4.79. The fourth-order valence-corrected chi connectivity index (χ4v) is 4.07. The minimum Gasteiger partial charge on any atom is -0.505 e. The summed E-state index contributed by atoms with van der Waals surface area (Å²) >= 11 is 1.10. The van der Waals surface area contributed by atoms with Gasteiger partial charge in [0.25, 0.3) is 10.0 Å². The zero-order chi connectivity index (χ0) is 13.3. The van der Waals surface area contributed by atoms with Crippen LogP contribution in [-0.2, 0) is 19.6 Å². The lowest BCUT2D eigenvalue weighted by atomic mass is 10.2. The van der Waals surface area contributed by atoms with Crippen LogP contribution in [0.1, 0.15) is 18.2 Å². The Kier molecular flexibility index (Phi) is 3.31. The van der Waals surface area contributed by atoms with Crippen LogP contribution in [0, 0.1) is 0 Å². The number of carbonyl (C=O) groups excluding carboxylic acids is 1. The molecule has 0 amide bonds. The first kappa shape index (κ1) is 12.9. The molecule has 0 aliphatic carbocycles. The van der Waals surface area contributed by atoms with E-state index in [0.717, 1.165) is 11.3 Å². The van der Waals surface area contributed by atoms with Gasteiger partial charge < -0.3 is 9.84 Å². The molecule has 18 heavy (non-hydrogen) atoms. The molecule has 2 N–H and O–H groups in total. The quantitative estimate of drug-likeness (QED) is 0.816. The Morgan fingerprint density at radius 1 is 1.56 bits per heavy atom. The molecular formula is C10H11NO5S2. The van der Waals surface area contributed by atoms with Crippen LogP contribution >= 0.6 is 11.3 Å². The van der Waals surface area contributed by atoms with Crippen molar-refractivity contribution in [2.45, 2.75) is 18.2 Å². The molecule has 0 unspecified atom stereocenters. The molecule has 0 spiro atoms. The monoisotopic (exact) mass is 289 g/mol. The predicted molar refractivity (Wildman–Crippen MR) is 65.4 cm³/mol. The number of hydrogen-bond acceptors (Lipinski definition) is 6. The first-order valence-electron chi connectivity index (χ1n) is 5.14. The molecule has 1 aromatic heterocycles. The largest absolute Gasteiger partial charge is 0.505 e. The van der Waals surface area contributed by atoms with Gasteiger partial charge in [-0.3, -0.25) is 9.52 Å². The van der Waals surface area contributed by atoms with Crippen molar-refractivity contribution in [3.8, 4) is 0 Å². The number of nitrogens with one attached hydrogen (secondary N) is 1. The maximum absolute atomic E-state index is 11.8. The van der Waals surface area contributed by atoms with Crippen molar-refractivity contribution in [1.82, 2.24) is 4.72 Å².